The molecule has 3 rings (SSSR count). The maximum Gasteiger partial charge on any atom is 0.269 e. The van der Waals surface area contributed by atoms with E-state index in [4.69, 9.17) is 0 Å². The Morgan fingerprint density at radius 1 is 0.967 bits per heavy atom. The molecular weight excluding hydrogens is 374 g/mol. The van der Waals surface area contributed by atoms with E-state index >= 15 is 0 Å². The quantitative estimate of drug-likeness (QED) is 0.423. The molecule has 5 nitrogen and oxygen atoms in total. The molecule has 0 saturated heterocycles. The fourth-order valence-electron chi connectivity index (χ4n) is 3.86. The van der Waals surface area contributed by atoms with Crippen LogP contribution < -0.4 is 4.90 Å². The molecule has 1 heterocycles. The molecule has 0 aliphatic rings. The Hall–Kier alpha value is -2.92. The minimum atomic E-state index is -0.344. The number of nitro benzene ring substituents is 1. The van der Waals surface area contributed by atoms with Crippen molar-refractivity contribution in [1.82, 2.24) is 4.57 Å². The summed E-state index contributed by atoms with van der Waals surface area (Å²) >= 11 is 0. The summed E-state index contributed by atoms with van der Waals surface area (Å²) in [6.45, 7) is 11.5. The molecule has 2 atom stereocenters. The number of rotatable bonds is 9. The van der Waals surface area contributed by atoms with Crippen LogP contribution in [0.25, 0.3) is 0 Å². The van der Waals surface area contributed by atoms with Gasteiger partial charge in [-0.15, -0.1) is 0 Å². The van der Waals surface area contributed by atoms with E-state index < -0.39 is 0 Å². The molecule has 0 aliphatic carbocycles. The van der Waals surface area contributed by atoms with E-state index in [1.54, 1.807) is 12.1 Å². The van der Waals surface area contributed by atoms with Crippen LogP contribution in [-0.2, 0) is 19.6 Å². The van der Waals surface area contributed by atoms with Gasteiger partial charge in [-0.1, -0.05) is 43.7 Å². The van der Waals surface area contributed by atoms with Crippen LogP contribution in [0.2, 0.25) is 0 Å². The summed E-state index contributed by atoms with van der Waals surface area (Å²) in [6.07, 6.45) is 2.15. The Labute approximate surface area is 179 Å². The number of hydrogen-bond donors (Lipinski definition) is 1. The van der Waals surface area contributed by atoms with Gasteiger partial charge in [-0.2, -0.15) is 0 Å². The first-order chi connectivity index (χ1) is 14.3. The summed E-state index contributed by atoms with van der Waals surface area (Å²) in [5.41, 5.74) is 5.16. The first-order valence-corrected chi connectivity index (χ1v) is 10.6. The van der Waals surface area contributed by atoms with Crippen LogP contribution in [0.5, 0.6) is 0 Å². The van der Waals surface area contributed by atoms with Crippen molar-refractivity contribution in [2.75, 3.05) is 0 Å². The lowest BCUT2D eigenvalue weighted by atomic mass is 10.0. The lowest BCUT2D eigenvalue weighted by molar-refractivity contribution is -0.954. The van der Waals surface area contributed by atoms with Crippen LogP contribution in [0.4, 0.5) is 5.69 Å². The Balaban J connectivity index is 1.79. The van der Waals surface area contributed by atoms with E-state index in [0.717, 1.165) is 25.2 Å². The fourth-order valence-corrected chi connectivity index (χ4v) is 3.86. The lowest BCUT2D eigenvalue weighted by Gasteiger charge is -2.29. The zero-order chi connectivity index (χ0) is 21.7. The topological polar surface area (TPSA) is 52.5 Å². The highest BCUT2D eigenvalue weighted by Crippen LogP contribution is 2.13. The molecule has 1 aromatic heterocycles. The van der Waals surface area contributed by atoms with Crippen LogP contribution in [0, 0.1) is 23.0 Å². The van der Waals surface area contributed by atoms with Crippen LogP contribution in [0.3, 0.4) is 0 Å². The van der Waals surface area contributed by atoms with E-state index in [1.807, 2.05) is 12.1 Å². The third-order valence-corrected chi connectivity index (χ3v) is 5.99. The van der Waals surface area contributed by atoms with Gasteiger partial charge in [0.1, 0.15) is 13.1 Å². The van der Waals surface area contributed by atoms with Gasteiger partial charge in [0.2, 0.25) is 0 Å². The Bertz CT molecular complexity index is 976. The predicted octanol–water partition coefficient (Wildman–Crippen LogP) is 4.38. The highest BCUT2D eigenvalue weighted by molar-refractivity contribution is 5.32. The number of nitrogens with one attached hydrogen (secondary N) is 1. The zero-order valence-corrected chi connectivity index (χ0v) is 18.3. The number of non-ortho nitro benzene ring substituents is 1. The van der Waals surface area contributed by atoms with Crippen LogP contribution >= 0.6 is 0 Å². The van der Waals surface area contributed by atoms with Crippen molar-refractivity contribution in [2.24, 2.45) is 5.92 Å². The molecule has 3 aromatic rings. The lowest BCUT2D eigenvalue weighted by Crippen LogP contribution is -3.13. The summed E-state index contributed by atoms with van der Waals surface area (Å²) in [5.74, 6) is 0.540. The minimum Gasteiger partial charge on any atom is -0.342 e. The van der Waals surface area contributed by atoms with Crippen LogP contribution in [-0.4, -0.2) is 15.5 Å². The smallest absolute Gasteiger partial charge is 0.269 e. The predicted molar refractivity (Wildman–Crippen MR) is 120 cm³/mol. The summed E-state index contributed by atoms with van der Waals surface area (Å²) in [7, 11) is 0. The van der Waals surface area contributed by atoms with E-state index in [1.165, 1.54) is 21.7 Å². The van der Waals surface area contributed by atoms with E-state index in [2.05, 4.69) is 74.9 Å². The largest absolute Gasteiger partial charge is 0.342 e. The van der Waals surface area contributed by atoms with Gasteiger partial charge in [-0.05, 0) is 43.7 Å². The van der Waals surface area contributed by atoms with E-state index in [9.17, 15) is 10.1 Å². The summed E-state index contributed by atoms with van der Waals surface area (Å²) < 4.78 is 2.33. The molecular formula is C25H32N3O2+. The maximum atomic E-state index is 10.9. The van der Waals surface area contributed by atoms with Gasteiger partial charge in [0.15, 0.2) is 0 Å². The van der Waals surface area contributed by atoms with Gasteiger partial charge in [0, 0.05) is 36.4 Å². The Kier molecular flexibility index (Phi) is 7.06. The molecule has 1 N–H and O–H groups in total. The van der Waals surface area contributed by atoms with Crippen molar-refractivity contribution in [3.8, 4) is 0 Å². The minimum absolute atomic E-state index is 0.143. The molecule has 0 bridgehead atoms. The van der Waals surface area contributed by atoms with Gasteiger partial charge in [-0.25, -0.2) is 0 Å². The number of benzene rings is 2. The maximum absolute atomic E-state index is 10.9. The van der Waals surface area contributed by atoms with Gasteiger partial charge in [-0.3, -0.25) is 10.1 Å². The van der Waals surface area contributed by atoms with Crippen molar-refractivity contribution in [3.05, 3.63) is 99.4 Å². The number of aromatic nitrogens is 1. The van der Waals surface area contributed by atoms with E-state index in [0.29, 0.717) is 12.0 Å². The zero-order valence-electron chi connectivity index (χ0n) is 18.3. The highest BCUT2D eigenvalue weighted by Gasteiger charge is 2.23. The molecule has 30 heavy (non-hydrogen) atoms. The Morgan fingerprint density at radius 2 is 1.70 bits per heavy atom. The molecule has 0 aliphatic heterocycles. The van der Waals surface area contributed by atoms with Crippen molar-refractivity contribution >= 4 is 5.69 Å². The highest BCUT2D eigenvalue weighted by atomic mass is 16.6. The molecule has 0 radical (unpaired) electrons. The molecule has 1 unspecified atom stereocenters. The first-order valence-electron chi connectivity index (χ1n) is 10.6. The normalized spacial score (nSPS) is 13.4. The molecule has 0 fully saturated rings. The second kappa shape index (κ2) is 9.72. The van der Waals surface area contributed by atoms with Crippen molar-refractivity contribution in [2.45, 2.75) is 53.4 Å². The van der Waals surface area contributed by atoms with Crippen molar-refractivity contribution < 1.29 is 9.82 Å². The Morgan fingerprint density at radius 3 is 2.33 bits per heavy atom. The number of nitro groups is 1. The SMILES string of the molecule is Cc1cccc(Cn2cccc2C[NH+](Cc2ccc([N+](=O)[O-])cc2)[C@H](C)C(C)C)c1. The average Bonchev–Trinajstić information content (AvgIpc) is 3.13. The van der Waals surface area contributed by atoms with Crippen molar-refractivity contribution in [1.29, 1.82) is 0 Å². The second-order valence-electron chi connectivity index (χ2n) is 8.58. The van der Waals surface area contributed by atoms with Gasteiger partial charge < -0.3 is 9.47 Å². The molecule has 0 spiro atoms. The second-order valence-corrected chi connectivity index (χ2v) is 8.58. The molecule has 0 saturated carbocycles. The van der Waals surface area contributed by atoms with Crippen LogP contribution in [0.1, 0.15) is 43.2 Å². The monoisotopic (exact) mass is 406 g/mol. The summed E-state index contributed by atoms with van der Waals surface area (Å²) in [5, 5.41) is 10.9. The third kappa shape index (κ3) is 5.57. The fraction of sp³-hybridized carbons (Fsp3) is 0.360. The number of quaternary nitrogens is 1. The average molecular weight is 407 g/mol. The first kappa shape index (κ1) is 21.8. The van der Waals surface area contributed by atoms with Crippen molar-refractivity contribution in [3.63, 3.8) is 0 Å². The standard InChI is InChI=1S/C25H31N3O2/c1-19(2)21(4)27(16-22-10-12-24(13-11-22)28(29)30)18-25-9-6-14-26(25)17-23-8-5-7-20(3)15-23/h5-15,19,21H,16-18H2,1-4H3/p+1/t21-/m1/s1. The third-order valence-electron chi connectivity index (χ3n) is 5.99. The molecule has 0 amide bonds. The van der Waals surface area contributed by atoms with Gasteiger partial charge >= 0.3 is 0 Å². The van der Waals surface area contributed by atoms with Gasteiger partial charge in [0.05, 0.1) is 16.7 Å². The number of aryl methyl sites for hydroxylation is 1. The number of nitrogens with zero attached hydrogens (tertiary/aromatic N) is 2. The summed E-state index contributed by atoms with van der Waals surface area (Å²) in [6, 6.07) is 20.4. The summed E-state index contributed by atoms with van der Waals surface area (Å²) in [4.78, 5) is 12.1. The molecule has 158 valence electrons. The van der Waals surface area contributed by atoms with Gasteiger partial charge in [0.25, 0.3) is 5.69 Å². The van der Waals surface area contributed by atoms with Crippen LogP contribution in [0.15, 0.2) is 66.9 Å². The molecule has 5 heteroatoms. The molecule has 2 aromatic carbocycles. The van der Waals surface area contributed by atoms with E-state index in [-0.39, 0.29) is 10.6 Å². The number of hydrogen-bond acceptors (Lipinski definition) is 2.